The molecule has 0 aliphatic rings. The molecule has 15 heavy (non-hydrogen) atoms. The number of hydrogen-bond acceptors (Lipinski definition) is 1. The van der Waals surface area contributed by atoms with Crippen LogP contribution in [0.4, 0.5) is 0 Å². The molecule has 1 aromatic rings. The SMILES string of the molecule is CC(C)=Cc1c(C)ccc(C=C=O)c1C. The van der Waals surface area contributed by atoms with Crippen molar-refractivity contribution in [3.8, 4) is 0 Å². The topological polar surface area (TPSA) is 17.1 Å². The summed E-state index contributed by atoms with van der Waals surface area (Å²) in [4.78, 5) is 10.3. The third kappa shape index (κ3) is 2.68. The predicted molar refractivity (Wildman–Crippen MR) is 65.4 cm³/mol. The summed E-state index contributed by atoms with van der Waals surface area (Å²) in [6.07, 6.45) is 3.63. The van der Waals surface area contributed by atoms with Gasteiger partial charge in [-0.15, -0.1) is 0 Å². The van der Waals surface area contributed by atoms with Crippen molar-refractivity contribution in [2.75, 3.05) is 0 Å². The standard InChI is InChI=1S/C14H16O/c1-10(2)9-14-11(3)5-6-13(7-8-15)12(14)4/h5-7,9H,1-4H3. The minimum atomic E-state index is 0.947. The van der Waals surface area contributed by atoms with Crippen molar-refractivity contribution in [1.29, 1.82) is 0 Å². The summed E-state index contributed by atoms with van der Waals surface area (Å²) in [5, 5.41) is 0. The quantitative estimate of drug-likeness (QED) is 0.667. The van der Waals surface area contributed by atoms with Crippen LogP contribution in [-0.4, -0.2) is 5.94 Å². The van der Waals surface area contributed by atoms with Gasteiger partial charge in [-0.3, -0.25) is 0 Å². The van der Waals surface area contributed by atoms with Gasteiger partial charge in [0, 0.05) is 6.08 Å². The molecule has 78 valence electrons. The van der Waals surface area contributed by atoms with Gasteiger partial charge >= 0.3 is 0 Å². The van der Waals surface area contributed by atoms with Crippen LogP contribution in [0.5, 0.6) is 0 Å². The molecule has 1 heteroatoms. The smallest absolute Gasteiger partial charge is 0.125 e. The number of carbonyl (C=O) groups excluding carboxylic acids is 1. The second-order valence-electron chi connectivity index (χ2n) is 3.99. The van der Waals surface area contributed by atoms with Gasteiger partial charge in [-0.1, -0.05) is 23.8 Å². The highest BCUT2D eigenvalue weighted by Crippen LogP contribution is 2.21. The number of aryl methyl sites for hydroxylation is 1. The minimum absolute atomic E-state index is 0.947. The first kappa shape index (κ1) is 11.5. The Bertz CT molecular complexity index is 443. The van der Waals surface area contributed by atoms with Crippen molar-refractivity contribution in [2.24, 2.45) is 0 Å². The molecule has 0 heterocycles. The molecule has 1 nitrogen and oxygen atoms in total. The van der Waals surface area contributed by atoms with E-state index in [4.69, 9.17) is 0 Å². The number of allylic oxidation sites excluding steroid dienone is 1. The van der Waals surface area contributed by atoms with Gasteiger partial charge in [-0.25, -0.2) is 4.79 Å². The molecule has 0 fully saturated rings. The summed E-state index contributed by atoms with van der Waals surface area (Å²) in [5.74, 6) is 1.83. The van der Waals surface area contributed by atoms with Crippen molar-refractivity contribution in [1.82, 2.24) is 0 Å². The molecule has 0 N–H and O–H groups in total. The first-order valence-electron chi connectivity index (χ1n) is 5.02. The Morgan fingerprint density at radius 3 is 2.47 bits per heavy atom. The zero-order valence-electron chi connectivity index (χ0n) is 9.72. The zero-order chi connectivity index (χ0) is 11.4. The maximum atomic E-state index is 10.3. The Hall–Kier alpha value is -1.59. The van der Waals surface area contributed by atoms with E-state index in [0.29, 0.717) is 0 Å². The molecule has 0 aliphatic heterocycles. The van der Waals surface area contributed by atoms with Crippen LogP contribution in [0, 0.1) is 13.8 Å². The Morgan fingerprint density at radius 2 is 1.93 bits per heavy atom. The maximum Gasteiger partial charge on any atom is 0.125 e. The summed E-state index contributed by atoms with van der Waals surface area (Å²) in [6, 6.07) is 3.99. The van der Waals surface area contributed by atoms with Crippen molar-refractivity contribution >= 4 is 18.1 Å². The molecule has 1 rings (SSSR count). The van der Waals surface area contributed by atoms with E-state index in [1.807, 2.05) is 25.0 Å². The fraction of sp³-hybridized carbons (Fsp3) is 0.286. The van der Waals surface area contributed by atoms with Gasteiger partial charge < -0.3 is 0 Å². The first-order valence-corrected chi connectivity index (χ1v) is 5.02. The molecule has 0 saturated carbocycles. The van der Waals surface area contributed by atoms with E-state index in [-0.39, 0.29) is 0 Å². The van der Waals surface area contributed by atoms with Crippen LogP contribution in [0.2, 0.25) is 0 Å². The van der Waals surface area contributed by atoms with Crippen LogP contribution in [0.1, 0.15) is 36.1 Å². The number of benzene rings is 1. The minimum Gasteiger partial charge on any atom is -0.233 e. The van der Waals surface area contributed by atoms with E-state index in [1.165, 1.54) is 22.8 Å². The molecule has 0 aliphatic carbocycles. The molecule has 0 saturated heterocycles. The van der Waals surface area contributed by atoms with Gasteiger partial charge in [0.1, 0.15) is 5.94 Å². The zero-order valence-corrected chi connectivity index (χ0v) is 9.72. The van der Waals surface area contributed by atoms with Crippen LogP contribution in [0.3, 0.4) is 0 Å². The van der Waals surface area contributed by atoms with Crippen molar-refractivity contribution < 1.29 is 4.79 Å². The van der Waals surface area contributed by atoms with E-state index < -0.39 is 0 Å². The highest BCUT2D eigenvalue weighted by molar-refractivity contribution is 5.78. The van der Waals surface area contributed by atoms with Gasteiger partial charge in [0.05, 0.1) is 0 Å². The number of rotatable bonds is 2. The van der Waals surface area contributed by atoms with E-state index >= 15 is 0 Å². The molecule has 0 radical (unpaired) electrons. The van der Waals surface area contributed by atoms with Gasteiger partial charge in [0.25, 0.3) is 0 Å². The maximum absolute atomic E-state index is 10.3. The lowest BCUT2D eigenvalue weighted by Crippen LogP contribution is -1.90. The normalized spacial score (nSPS) is 9.33. The molecular weight excluding hydrogens is 184 g/mol. The van der Waals surface area contributed by atoms with Crippen molar-refractivity contribution in [2.45, 2.75) is 27.7 Å². The van der Waals surface area contributed by atoms with Gasteiger partial charge in [0.2, 0.25) is 0 Å². The summed E-state index contributed by atoms with van der Waals surface area (Å²) in [7, 11) is 0. The van der Waals surface area contributed by atoms with Crippen LogP contribution < -0.4 is 0 Å². The lowest BCUT2D eigenvalue weighted by Gasteiger charge is -2.08. The van der Waals surface area contributed by atoms with E-state index in [1.54, 1.807) is 0 Å². The molecule has 0 aromatic heterocycles. The molecule has 0 bridgehead atoms. The summed E-state index contributed by atoms with van der Waals surface area (Å²) in [5.41, 5.74) is 5.78. The average Bonchev–Trinajstić information content (AvgIpc) is 2.17. The summed E-state index contributed by atoms with van der Waals surface area (Å²) < 4.78 is 0. The second-order valence-corrected chi connectivity index (χ2v) is 3.99. The van der Waals surface area contributed by atoms with Gasteiger partial charge in [-0.05, 0) is 49.9 Å². The predicted octanol–water partition coefficient (Wildman–Crippen LogP) is 3.57. The molecular formula is C14H16O. The Kier molecular flexibility index (Phi) is 3.65. The molecule has 0 spiro atoms. The summed E-state index contributed by atoms with van der Waals surface area (Å²) in [6.45, 7) is 8.25. The van der Waals surface area contributed by atoms with E-state index in [2.05, 4.69) is 26.8 Å². The fourth-order valence-corrected chi connectivity index (χ4v) is 1.61. The van der Waals surface area contributed by atoms with Gasteiger partial charge in [0.15, 0.2) is 0 Å². The highest BCUT2D eigenvalue weighted by atomic mass is 16.1. The lowest BCUT2D eigenvalue weighted by atomic mass is 9.96. The highest BCUT2D eigenvalue weighted by Gasteiger charge is 2.03. The third-order valence-corrected chi connectivity index (χ3v) is 2.42. The largest absolute Gasteiger partial charge is 0.233 e. The van der Waals surface area contributed by atoms with Crippen molar-refractivity contribution in [3.05, 3.63) is 40.0 Å². The van der Waals surface area contributed by atoms with Gasteiger partial charge in [-0.2, -0.15) is 0 Å². The first-order chi connectivity index (χ1) is 7.06. The molecule has 0 amide bonds. The second kappa shape index (κ2) is 4.77. The monoisotopic (exact) mass is 200 g/mol. The van der Waals surface area contributed by atoms with Crippen LogP contribution in [0.15, 0.2) is 17.7 Å². The van der Waals surface area contributed by atoms with Crippen LogP contribution >= 0.6 is 0 Å². The Labute approximate surface area is 91.1 Å². The number of hydrogen-bond donors (Lipinski definition) is 0. The average molecular weight is 200 g/mol. The fourth-order valence-electron chi connectivity index (χ4n) is 1.61. The van der Waals surface area contributed by atoms with Crippen molar-refractivity contribution in [3.63, 3.8) is 0 Å². The van der Waals surface area contributed by atoms with E-state index in [0.717, 1.165) is 11.1 Å². The lowest BCUT2D eigenvalue weighted by molar-refractivity contribution is 0.570. The molecule has 0 unspecified atom stereocenters. The van der Waals surface area contributed by atoms with E-state index in [9.17, 15) is 4.79 Å². The van der Waals surface area contributed by atoms with Crippen LogP contribution in [0.25, 0.3) is 12.2 Å². The van der Waals surface area contributed by atoms with Crippen LogP contribution in [-0.2, 0) is 4.79 Å². The third-order valence-electron chi connectivity index (χ3n) is 2.42. The molecule has 1 aromatic carbocycles. The summed E-state index contributed by atoms with van der Waals surface area (Å²) >= 11 is 0. The Morgan fingerprint density at radius 1 is 1.27 bits per heavy atom. The molecule has 0 atom stereocenters. The Balaban J connectivity index is 3.42.